The number of carbonyl (C=O) groups excluding carboxylic acids is 1. The molecule has 14 heavy (non-hydrogen) atoms. The number of rotatable bonds is 2. The minimum absolute atomic E-state index is 0.594. The van der Waals surface area contributed by atoms with Crippen LogP contribution < -0.4 is 10.6 Å². The number of H-pyrrole nitrogens is 1. The molecule has 0 bridgehead atoms. The molecule has 0 aromatic carbocycles. The van der Waals surface area contributed by atoms with Crippen LogP contribution in [0.1, 0.15) is 31.3 Å². The first-order valence-corrected chi connectivity index (χ1v) is 4.75. The van der Waals surface area contributed by atoms with Gasteiger partial charge in [-0.3, -0.25) is 4.79 Å². The first-order chi connectivity index (χ1) is 6.81. The zero-order chi connectivity index (χ0) is 11.0. The van der Waals surface area contributed by atoms with E-state index < -0.39 is 0 Å². The van der Waals surface area contributed by atoms with E-state index in [1.165, 1.54) is 0 Å². The first-order valence-electron chi connectivity index (χ1n) is 4.75. The molecule has 0 aliphatic rings. The van der Waals surface area contributed by atoms with Crippen LogP contribution in [-0.2, 0) is 0 Å². The summed E-state index contributed by atoms with van der Waals surface area (Å²) in [5.41, 5.74) is 0.594. The molecule has 2 heteroatoms. The van der Waals surface area contributed by atoms with Gasteiger partial charge in [0.05, 0.1) is 5.69 Å². The van der Waals surface area contributed by atoms with E-state index in [1.807, 2.05) is 32.9 Å². The predicted octanol–water partition coefficient (Wildman–Crippen LogP) is 1.62. The maximum Gasteiger partial charge on any atom is 0.166 e. The Balaban J connectivity index is 0.000000791. The quantitative estimate of drug-likeness (QED) is 0.708. The molecule has 0 aliphatic heterocycles. The third-order valence-electron chi connectivity index (χ3n) is 1.61. The second-order valence-electron chi connectivity index (χ2n) is 2.40. The lowest BCUT2D eigenvalue weighted by Crippen LogP contribution is -2.20. The fourth-order valence-corrected chi connectivity index (χ4v) is 1.08. The lowest BCUT2D eigenvalue weighted by atomic mass is 10.3. The Morgan fingerprint density at radius 2 is 2.07 bits per heavy atom. The third-order valence-corrected chi connectivity index (χ3v) is 1.61. The first kappa shape index (κ1) is 12.4. The number of hydrogen-bond donors (Lipinski definition) is 1. The number of aromatic nitrogens is 1. The molecule has 1 rings (SSSR count). The molecule has 0 saturated heterocycles. The number of carbonyl (C=O) groups is 1. The topological polar surface area (TPSA) is 32.9 Å². The van der Waals surface area contributed by atoms with Crippen molar-refractivity contribution in [2.24, 2.45) is 0 Å². The molecule has 1 aromatic rings. The number of hydrogen-bond acceptors (Lipinski definition) is 1. The summed E-state index contributed by atoms with van der Waals surface area (Å²) in [7, 11) is 0. The van der Waals surface area contributed by atoms with Crippen molar-refractivity contribution in [1.82, 2.24) is 4.98 Å². The minimum Gasteiger partial charge on any atom is -0.353 e. The van der Waals surface area contributed by atoms with Gasteiger partial charge in [-0.15, -0.1) is 0 Å². The second kappa shape index (κ2) is 6.89. The van der Waals surface area contributed by atoms with Crippen LogP contribution in [0, 0.1) is 0 Å². The fourth-order valence-electron chi connectivity index (χ4n) is 1.08. The van der Waals surface area contributed by atoms with Crippen molar-refractivity contribution < 1.29 is 4.79 Å². The molecule has 0 fully saturated rings. The van der Waals surface area contributed by atoms with Gasteiger partial charge in [0.15, 0.2) is 6.29 Å². The van der Waals surface area contributed by atoms with E-state index in [9.17, 15) is 4.79 Å². The second-order valence-corrected chi connectivity index (χ2v) is 2.40. The highest BCUT2D eigenvalue weighted by Gasteiger charge is 1.91. The molecule has 0 amide bonds. The molecule has 1 N–H and O–H groups in total. The average molecular weight is 191 g/mol. The summed E-state index contributed by atoms with van der Waals surface area (Å²) in [5.74, 6) is 0. The van der Waals surface area contributed by atoms with Gasteiger partial charge in [-0.2, -0.15) is 0 Å². The summed E-state index contributed by atoms with van der Waals surface area (Å²) in [5, 5.41) is 1.95. The predicted molar refractivity (Wildman–Crippen MR) is 61.6 cm³/mol. The van der Waals surface area contributed by atoms with Gasteiger partial charge in [-0.1, -0.05) is 38.7 Å². The molecule has 1 heterocycles. The van der Waals surface area contributed by atoms with E-state index in [0.29, 0.717) is 5.69 Å². The van der Waals surface area contributed by atoms with E-state index >= 15 is 0 Å². The monoisotopic (exact) mass is 191 g/mol. The van der Waals surface area contributed by atoms with Gasteiger partial charge in [0.1, 0.15) is 0 Å². The lowest BCUT2D eigenvalue weighted by molar-refractivity contribution is 0.111. The van der Waals surface area contributed by atoms with Crippen LogP contribution in [0.4, 0.5) is 0 Å². The molecule has 2 nitrogen and oxygen atoms in total. The minimum atomic E-state index is 0.594. The van der Waals surface area contributed by atoms with Crippen LogP contribution in [0.2, 0.25) is 0 Å². The highest BCUT2D eigenvalue weighted by atomic mass is 16.1. The lowest BCUT2D eigenvalue weighted by Gasteiger charge is -1.75. The number of nitrogens with one attached hydrogen (secondary N) is 1. The van der Waals surface area contributed by atoms with Crippen LogP contribution in [0.25, 0.3) is 12.2 Å². The van der Waals surface area contributed by atoms with Crippen LogP contribution in [0.15, 0.2) is 18.7 Å². The van der Waals surface area contributed by atoms with Crippen LogP contribution in [-0.4, -0.2) is 11.3 Å². The van der Waals surface area contributed by atoms with Gasteiger partial charge in [-0.05, 0) is 18.2 Å². The number of allylic oxidation sites excluding steroid dienone is 1. The van der Waals surface area contributed by atoms with Gasteiger partial charge in [0, 0.05) is 5.35 Å². The molecule has 0 radical (unpaired) electrons. The van der Waals surface area contributed by atoms with Crippen molar-refractivity contribution in [2.75, 3.05) is 0 Å². The van der Waals surface area contributed by atoms with Crippen molar-refractivity contribution in [3.8, 4) is 0 Å². The highest BCUT2D eigenvalue weighted by molar-refractivity contribution is 5.72. The molecule has 0 spiro atoms. The summed E-state index contributed by atoms with van der Waals surface area (Å²) in [6, 6.07) is 1.80. The summed E-state index contributed by atoms with van der Waals surface area (Å²) < 4.78 is 0. The molecule has 0 atom stereocenters. The van der Waals surface area contributed by atoms with E-state index in [2.05, 4.69) is 11.6 Å². The van der Waals surface area contributed by atoms with Crippen LogP contribution in [0.3, 0.4) is 0 Å². The molecular formula is C12H17NO. The Kier molecular flexibility index (Phi) is 6.12. The molecule has 0 unspecified atom stereocenters. The zero-order valence-electron chi connectivity index (χ0n) is 9.00. The van der Waals surface area contributed by atoms with Gasteiger partial charge in [0.25, 0.3) is 0 Å². The summed E-state index contributed by atoms with van der Waals surface area (Å²) in [6.07, 6.45) is 6.28. The van der Waals surface area contributed by atoms with Gasteiger partial charge >= 0.3 is 0 Å². The molecule has 0 aliphatic carbocycles. The molecule has 0 saturated carbocycles. The van der Waals surface area contributed by atoms with Gasteiger partial charge < -0.3 is 4.98 Å². The highest BCUT2D eigenvalue weighted by Crippen LogP contribution is 1.78. The molecule has 1 aromatic heterocycles. The summed E-state index contributed by atoms with van der Waals surface area (Å²) in [6.45, 7) is 9.51. The zero-order valence-corrected chi connectivity index (χ0v) is 9.00. The Morgan fingerprint density at radius 1 is 1.43 bits per heavy atom. The van der Waals surface area contributed by atoms with Crippen molar-refractivity contribution in [3.05, 3.63) is 35.0 Å². The SMILES string of the molecule is C=C/C=c1/cc(C=O)[nH]/c1=C/C.CC. The van der Waals surface area contributed by atoms with Crippen molar-refractivity contribution in [1.29, 1.82) is 0 Å². The largest absolute Gasteiger partial charge is 0.353 e. The van der Waals surface area contributed by atoms with E-state index in [0.717, 1.165) is 16.9 Å². The van der Waals surface area contributed by atoms with Crippen LogP contribution in [0.5, 0.6) is 0 Å². The summed E-state index contributed by atoms with van der Waals surface area (Å²) >= 11 is 0. The average Bonchev–Trinajstić information content (AvgIpc) is 2.64. The number of aromatic amines is 1. The molecular weight excluding hydrogens is 174 g/mol. The van der Waals surface area contributed by atoms with Crippen molar-refractivity contribution >= 4 is 18.4 Å². The number of aldehydes is 1. The Hall–Kier alpha value is -1.57. The van der Waals surface area contributed by atoms with Crippen LogP contribution >= 0.6 is 0 Å². The van der Waals surface area contributed by atoms with Gasteiger partial charge in [0.2, 0.25) is 0 Å². The van der Waals surface area contributed by atoms with E-state index in [4.69, 9.17) is 0 Å². The van der Waals surface area contributed by atoms with E-state index in [-0.39, 0.29) is 0 Å². The molecule has 76 valence electrons. The Bertz CT molecular complexity index is 398. The van der Waals surface area contributed by atoms with Crippen molar-refractivity contribution in [2.45, 2.75) is 20.8 Å². The fraction of sp³-hybridized carbons (Fsp3) is 0.250. The normalized spacial score (nSPS) is 11.9. The maximum atomic E-state index is 10.4. The standard InChI is InChI=1S/C10H11NO.C2H6/c1-3-5-8-6-9(7-12)11-10(8)4-2;1-2/h3-7,11H,1H2,2H3;1-2H3/b8-5-,10-4+;. The summed E-state index contributed by atoms with van der Waals surface area (Å²) in [4.78, 5) is 13.4. The smallest absolute Gasteiger partial charge is 0.166 e. The Morgan fingerprint density at radius 3 is 2.50 bits per heavy atom. The third kappa shape index (κ3) is 3.05. The van der Waals surface area contributed by atoms with E-state index in [1.54, 1.807) is 12.1 Å². The van der Waals surface area contributed by atoms with Gasteiger partial charge in [-0.25, -0.2) is 0 Å². The maximum absolute atomic E-state index is 10.4. The Labute approximate surface area is 84.7 Å². The van der Waals surface area contributed by atoms with Crippen molar-refractivity contribution in [3.63, 3.8) is 0 Å².